The smallest absolute Gasteiger partial charge is 0.0696 e. The number of hydrogen-bond acceptors (Lipinski definition) is 2. The van der Waals surface area contributed by atoms with Gasteiger partial charge in [0.2, 0.25) is 0 Å². The highest BCUT2D eigenvalue weighted by molar-refractivity contribution is 4.93. The van der Waals surface area contributed by atoms with Crippen molar-refractivity contribution in [1.82, 2.24) is 5.32 Å². The van der Waals surface area contributed by atoms with E-state index in [4.69, 9.17) is 0 Å². The summed E-state index contributed by atoms with van der Waals surface area (Å²) in [4.78, 5) is 0. The Kier molecular flexibility index (Phi) is 3.03. The molecule has 2 N–H and O–H groups in total. The van der Waals surface area contributed by atoms with Crippen LogP contribution in [-0.4, -0.2) is 23.8 Å². The standard InChI is InChI=1S/C11H23NO/c1-10(2,3)11(4,13)9-5-7-12-8-6-9/h9,12-13H,5-8H2,1-4H3. The Labute approximate surface area is 81.7 Å². The maximum Gasteiger partial charge on any atom is 0.0696 e. The summed E-state index contributed by atoms with van der Waals surface area (Å²) in [5.41, 5.74) is -0.551. The molecule has 1 saturated heterocycles. The Hall–Kier alpha value is -0.0800. The lowest BCUT2D eigenvalue weighted by Crippen LogP contribution is -2.50. The molecule has 1 aliphatic heterocycles. The molecule has 1 atom stereocenters. The maximum atomic E-state index is 10.4. The number of nitrogens with one attached hydrogen (secondary N) is 1. The van der Waals surface area contributed by atoms with Crippen LogP contribution in [0.2, 0.25) is 0 Å². The van der Waals surface area contributed by atoms with Crippen LogP contribution in [0.5, 0.6) is 0 Å². The van der Waals surface area contributed by atoms with Crippen molar-refractivity contribution in [3.8, 4) is 0 Å². The van der Waals surface area contributed by atoms with Gasteiger partial charge in [0.1, 0.15) is 0 Å². The van der Waals surface area contributed by atoms with E-state index < -0.39 is 5.60 Å². The van der Waals surface area contributed by atoms with Crippen LogP contribution in [0.4, 0.5) is 0 Å². The fourth-order valence-electron chi connectivity index (χ4n) is 2.00. The zero-order valence-corrected chi connectivity index (χ0v) is 9.35. The topological polar surface area (TPSA) is 32.3 Å². The summed E-state index contributed by atoms with van der Waals surface area (Å²) in [6, 6.07) is 0. The highest BCUT2D eigenvalue weighted by atomic mass is 16.3. The summed E-state index contributed by atoms with van der Waals surface area (Å²) in [6.45, 7) is 10.5. The molecule has 1 heterocycles. The van der Waals surface area contributed by atoms with Crippen molar-refractivity contribution in [1.29, 1.82) is 0 Å². The first-order valence-corrected chi connectivity index (χ1v) is 5.29. The molecule has 1 unspecified atom stereocenters. The van der Waals surface area contributed by atoms with E-state index in [0.29, 0.717) is 5.92 Å². The molecule has 1 rings (SSSR count). The van der Waals surface area contributed by atoms with Crippen LogP contribution in [-0.2, 0) is 0 Å². The van der Waals surface area contributed by atoms with Gasteiger partial charge in [0.05, 0.1) is 5.60 Å². The molecule has 78 valence electrons. The lowest BCUT2D eigenvalue weighted by molar-refractivity contribution is -0.0970. The molecule has 2 nitrogen and oxygen atoms in total. The van der Waals surface area contributed by atoms with E-state index in [-0.39, 0.29) is 5.41 Å². The fraction of sp³-hybridized carbons (Fsp3) is 1.00. The quantitative estimate of drug-likeness (QED) is 0.652. The van der Waals surface area contributed by atoms with Gasteiger partial charge in [-0.3, -0.25) is 0 Å². The summed E-state index contributed by atoms with van der Waals surface area (Å²) < 4.78 is 0. The van der Waals surface area contributed by atoms with Crippen molar-refractivity contribution in [3.05, 3.63) is 0 Å². The number of piperidine rings is 1. The average molecular weight is 185 g/mol. The highest BCUT2D eigenvalue weighted by Crippen LogP contribution is 2.39. The molecule has 0 spiro atoms. The molecule has 0 aromatic rings. The normalized spacial score (nSPS) is 25.6. The number of rotatable bonds is 1. The molecule has 0 aromatic heterocycles. The molecule has 2 heteroatoms. The zero-order valence-electron chi connectivity index (χ0n) is 9.35. The van der Waals surface area contributed by atoms with Gasteiger partial charge in [0, 0.05) is 0 Å². The molecule has 13 heavy (non-hydrogen) atoms. The Bertz CT molecular complexity index is 163. The van der Waals surface area contributed by atoms with Gasteiger partial charge in [-0.25, -0.2) is 0 Å². The minimum atomic E-state index is -0.533. The molecule has 0 radical (unpaired) electrons. The average Bonchev–Trinajstić information content (AvgIpc) is 2.04. The van der Waals surface area contributed by atoms with Crippen molar-refractivity contribution in [2.24, 2.45) is 11.3 Å². The van der Waals surface area contributed by atoms with E-state index in [1.807, 2.05) is 6.92 Å². The van der Waals surface area contributed by atoms with Gasteiger partial charge in [-0.15, -0.1) is 0 Å². The number of aliphatic hydroxyl groups is 1. The van der Waals surface area contributed by atoms with Crippen LogP contribution in [0.3, 0.4) is 0 Å². The van der Waals surface area contributed by atoms with Crippen LogP contribution < -0.4 is 5.32 Å². The first kappa shape index (κ1) is 11.0. The van der Waals surface area contributed by atoms with Crippen molar-refractivity contribution in [2.45, 2.75) is 46.1 Å². The number of hydrogen-bond donors (Lipinski definition) is 2. The SMILES string of the molecule is CC(C)(C)C(C)(O)C1CCNCC1. The van der Waals surface area contributed by atoms with Crippen molar-refractivity contribution < 1.29 is 5.11 Å². The van der Waals surface area contributed by atoms with Crippen molar-refractivity contribution in [2.75, 3.05) is 13.1 Å². The third-order valence-corrected chi connectivity index (χ3v) is 3.65. The monoisotopic (exact) mass is 185 g/mol. The Balaban J connectivity index is 2.67. The molecule has 0 amide bonds. The van der Waals surface area contributed by atoms with Crippen LogP contribution in [0.15, 0.2) is 0 Å². The van der Waals surface area contributed by atoms with Gasteiger partial charge < -0.3 is 10.4 Å². The molecular formula is C11H23NO. The predicted molar refractivity (Wildman–Crippen MR) is 55.7 cm³/mol. The van der Waals surface area contributed by atoms with Crippen LogP contribution in [0, 0.1) is 11.3 Å². The second-order valence-electron chi connectivity index (χ2n) is 5.42. The summed E-state index contributed by atoms with van der Waals surface area (Å²) in [7, 11) is 0. The van der Waals surface area contributed by atoms with Crippen LogP contribution in [0.1, 0.15) is 40.5 Å². The van der Waals surface area contributed by atoms with E-state index in [1.165, 1.54) is 0 Å². The lowest BCUT2D eigenvalue weighted by Gasteiger charge is -2.45. The summed E-state index contributed by atoms with van der Waals surface area (Å²) in [5, 5.41) is 13.8. The largest absolute Gasteiger partial charge is 0.389 e. The summed E-state index contributed by atoms with van der Waals surface area (Å²) >= 11 is 0. The molecule has 0 saturated carbocycles. The summed E-state index contributed by atoms with van der Waals surface area (Å²) in [5.74, 6) is 0.453. The van der Waals surface area contributed by atoms with Gasteiger partial charge in [-0.05, 0) is 44.2 Å². The Morgan fingerprint density at radius 2 is 1.54 bits per heavy atom. The van der Waals surface area contributed by atoms with Gasteiger partial charge in [-0.1, -0.05) is 20.8 Å². The molecular weight excluding hydrogens is 162 g/mol. The van der Waals surface area contributed by atoms with E-state index in [2.05, 4.69) is 26.1 Å². The Morgan fingerprint density at radius 1 is 1.08 bits per heavy atom. The highest BCUT2D eigenvalue weighted by Gasteiger charge is 2.42. The third kappa shape index (κ3) is 2.23. The molecule has 0 aliphatic carbocycles. The first-order chi connectivity index (χ1) is 5.86. The van der Waals surface area contributed by atoms with Gasteiger partial charge in [0.25, 0.3) is 0 Å². The van der Waals surface area contributed by atoms with Crippen molar-refractivity contribution >= 4 is 0 Å². The second-order valence-corrected chi connectivity index (χ2v) is 5.42. The van der Waals surface area contributed by atoms with Crippen LogP contribution in [0.25, 0.3) is 0 Å². The Morgan fingerprint density at radius 3 is 1.92 bits per heavy atom. The van der Waals surface area contributed by atoms with Gasteiger partial charge in [0.15, 0.2) is 0 Å². The minimum Gasteiger partial charge on any atom is -0.389 e. The zero-order chi connectivity index (χ0) is 10.1. The fourth-order valence-corrected chi connectivity index (χ4v) is 2.00. The van der Waals surface area contributed by atoms with Crippen LogP contribution >= 0.6 is 0 Å². The van der Waals surface area contributed by atoms with E-state index >= 15 is 0 Å². The lowest BCUT2D eigenvalue weighted by atomic mass is 9.67. The van der Waals surface area contributed by atoms with Crippen molar-refractivity contribution in [3.63, 3.8) is 0 Å². The minimum absolute atomic E-state index is 0.0188. The van der Waals surface area contributed by atoms with E-state index in [1.54, 1.807) is 0 Å². The molecule has 1 fully saturated rings. The van der Waals surface area contributed by atoms with E-state index in [0.717, 1.165) is 25.9 Å². The third-order valence-electron chi connectivity index (χ3n) is 3.65. The van der Waals surface area contributed by atoms with E-state index in [9.17, 15) is 5.11 Å². The first-order valence-electron chi connectivity index (χ1n) is 5.29. The van der Waals surface area contributed by atoms with Gasteiger partial charge >= 0.3 is 0 Å². The predicted octanol–water partition coefficient (Wildman–Crippen LogP) is 1.78. The van der Waals surface area contributed by atoms with Gasteiger partial charge in [-0.2, -0.15) is 0 Å². The molecule has 0 bridgehead atoms. The maximum absolute atomic E-state index is 10.4. The molecule has 1 aliphatic rings. The molecule has 0 aromatic carbocycles. The summed E-state index contributed by atoms with van der Waals surface area (Å²) in [6.07, 6.45) is 2.20. The second kappa shape index (κ2) is 3.58.